The highest BCUT2D eigenvalue weighted by Gasteiger charge is 2.32. The Morgan fingerprint density at radius 1 is 1.09 bits per heavy atom. The molecule has 0 aliphatic heterocycles. The summed E-state index contributed by atoms with van der Waals surface area (Å²) < 4.78 is 43.1. The van der Waals surface area contributed by atoms with Gasteiger partial charge in [-0.05, 0) is 6.07 Å². The van der Waals surface area contributed by atoms with Gasteiger partial charge in [-0.2, -0.15) is 13.2 Å². The molecule has 32 heavy (non-hydrogen) atoms. The zero-order valence-electron chi connectivity index (χ0n) is 15.4. The number of hydrogen-bond acceptors (Lipinski definition) is 7. The molecule has 0 atom stereocenters. The number of nitro groups is 2. The number of nitro benzene ring substituents is 2. The molecule has 1 amide bonds. The summed E-state index contributed by atoms with van der Waals surface area (Å²) in [6, 6.07) is 2.61. The first-order valence-corrected chi connectivity index (χ1v) is 8.89. The first-order chi connectivity index (χ1) is 14.9. The molecule has 1 aromatic carbocycles. The number of carbonyl (C=O) groups is 1. The highest BCUT2D eigenvalue weighted by atomic mass is 35.5. The number of aromatic nitrogens is 1. The number of nitrogens with zero attached hydrogens (tertiary/aromatic N) is 3. The minimum atomic E-state index is -4.64. The van der Waals surface area contributed by atoms with Crippen molar-refractivity contribution in [2.45, 2.75) is 6.18 Å². The molecule has 10 nitrogen and oxygen atoms in total. The van der Waals surface area contributed by atoms with Crippen LogP contribution in [-0.4, -0.2) is 33.9 Å². The Balaban J connectivity index is 1.99. The fourth-order valence-electron chi connectivity index (χ4n) is 2.17. The van der Waals surface area contributed by atoms with Crippen molar-refractivity contribution in [3.8, 4) is 17.7 Å². The Labute approximate surface area is 186 Å². The normalized spacial score (nSPS) is 10.7. The molecule has 1 aromatic heterocycles. The van der Waals surface area contributed by atoms with Crippen LogP contribution in [0.3, 0.4) is 0 Å². The first-order valence-electron chi connectivity index (χ1n) is 8.14. The van der Waals surface area contributed by atoms with Crippen molar-refractivity contribution in [2.24, 2.45) is 0 Å². The van der Waals surface area contributed by atoms with Crippen LogP contribution >= 0.6 is 23.2 Å². The predicted molar refractivity (Wildman–Crippen MR) is 105 cm³/mol. The van der Waals surface area contributed by atoms with E-state index in [2.05, 4.69) is 22.1 Å². The third-order valence-corrected chi connectivity index (χ3v) is 4.06. The van der Waals surface area contributed by atoms with E-state index in [-0.39, 0.29) is 23.7 Å². The van der Waals surface area contributed by atoms with Gasteiger partial charge in [-0.1, -0.05) is 35.0 Å². The number of pyridine rings is 1. The van der Waals surface area contributed by atoms with Crippen LogP contribution < -0.4 is 10.1 Å². The highest BCUT2D eigenvalue weighted by Crippen LogP contribution is 2.33. The lowest BCUT2D eigenvalue weighted by molar-refractivity contribution is -0.422. The quantitative estimate of drug-likeness (QED) is 0.278. The maximum atomic E-state index is 12.7. The van der Waals surface area contributed by atoms with Gasteiger partial charge in [-0.3, -0.25) is 25.0 Å². The second kappa shape index (κ2) is 10.1. The Kier molecular flexibility index (Phi) is 7.79. The molecule has 2 rings (SSSR count). The third kappa shape index (κ3) is 6.43. The molecular weight excluding hydrogens is 484 g/mol. The van der Waals surface area contributed by atoms with Gasteiger partial charge >= 0.3 is 17.6 Å². The fraction of sp³-hybridized carbons (Fsp3) is 0.176. The summed E-state index contributed by atoms with van der Waals surface area (Å²) in [7, 11) is 0. The standard InChI is InChI=1S/C17H9Cl2F3N4O6/c18-11-8-13(26(30)31)12(25(28)29)7-10(11)16(27)23-3-1-2-4-32-15-6-9(17(20,21)22)5-14(19)24-15/h5-8H,3-4H2,(H,23,27). The summed E-state index contributed by atoms with van der Waals surface area (Å²) in [4.78, 5) is 35.5. The molecule has 0 aliphatic carbocycles. The Morgan fingerprint density at radius 3 is 2.31 bits per heavy atom. The van der Waals surface area contributed by atoms with E-state index in [9.17, 15) is 38.2 Å². The van der Waals surface area contributed by atoms with Gasteiger partial charge in [0.05, 0.1) is 32.5 Å². The molecule has 0 unspecified atom stereocenters. The van der Waals surface area contributed by atoms with E-state index < -0.39 is 49.9 Å². The minimum Gasteiger partial charge on any atom is -0.464 e. The number of benzene rings is 1. The first kappa shape index (κ1) is 24.6. The van der Waals surface area contributed by atoms with Crippen LogP contribution in [0.2, 0.25) is 10.2 Å². The average Bonchev–Trinajstić information content (AvgIpc) is 2.68. The van der Waals surface area contributed by atoms with Crippen LogP contribution in [0.1, 0.15) is 15.9 Å². The van der Waals surface area contributed by atoms with Crippen molar-refractivity contribution in [3.63, 3.8) is 0 Å². The van der Waals surface area contributed by atoms with E-state index in [1.54, 1.807) is 0 Å². The zero-order chi connectivity index (χ0) is 24.1. The van der Waals surface area contributed by atoms with Crippen molar-refractivity contribution in [3.05, 3.63) is 65.8 Å². The fourth-order valence-corrected chi connectivity index (χ4v) is 2.62. The Morgan fingerprint density at radius 2 is 1.72 bits per heavy atom. The van der Waals surface area contributed by atoms with Gasteiger partial charge in [0.25, 0.3) is 5.91 Å². The van der Waals surface area contributed by atoms with Crippen molar-refractivity contribution in [2.75, 3.05) is 13.2 Å². The van der Waals surface area contributed by atoms with E-state index >= 15 is 0 Å². The number of carbonyl (C=O) groups excluding carboxylic acids is 1. The summed E-state index contributed by atoms with van der Waals surface area (Å²) in [6.45, 7) is -0.676. The molecule has 1 N–H and O–H groups in total. The van der Waals surface area contributed by atoms with Crippen molar-refractivity contribution in [1.82, 2.24) is 10.3 Å². The lowest BCUT2D eigenvalue weighted by Gasteiger charge is -2.08. The number of nitrogens with one attached hydrogen (secondary N) is 1. The van der Waals surface area contributed by atoms with Gasteiger partial charge in [-0.15, -0.1) is 0 Å². The molecule has 0 saturated carbocycles. The van der Waals surface area contributed by atoms with E-state index in [1.165, 1.54) is 0 Å². The molecule has 168 valence electrons. The molecule has 15 heteroatoms. The van der Waals surface area contributed by atoms with Crippen LogP contribution in [0.5, 0.6) is 5.88 Å². The number of hydrogen-bond donors (Lipinski definition) is 1. The summed E-state index contributed by atoms with van der Waals surface area (Å²) in [6.07, 6.45) is -4.64. The summed E-state index contributed by atoms with van der Waals surface area (Å²) in [5.41, 5.74) is -3.24. The molecule has 0 bridgehead atoms. The smallest absolute Gasteiger partial charge is 0.416 e. The summed E-state index contributed by atoms with van der Waals surface area (Å²) in [5, 5.41) is 23.3. The number of ether oxygens (including phenoxy) is 1. The Bertz CT molecular complexity index is 1150. The van der Waals surface area contributed by atoms with Crippen LogP contribution in [0.4, 0.5) is 24.5 Å². The lowest BCUT2D eigenvalue weighted by atomic mass is 10.1. The highest BCUT2D eigenvalue weighted by molar-refractivity contribution is 6.34. The second-order valence-electron chi connectivity index (χ2n) is 5.67. The molecule has 0 spiro atoms. The topological polar surface area (TPSA) is 138 Å². The van der Waals surface area contributed by atoms with Crippen molar-refractivity contribution in [1.29, 1.82) is 0 Å². The lowest BCUT2D eigenvalue weighted by Crippen LogP contribution is -2.24. The van der Waals surface area contributed by atoms with E-state index in [0.717, 1.165) is 0 Å². The molecule has 0 fully saturated rings. The maximum absolute atomic E-state index is 12.7. The molecule has 0 aliphatic rings. The van der Waals surface area contributed by atoms with Crippen LogP contribution in [0, 0.1) is 32.1 Å². The zero-order valence-corrected chi connectivity index (χ0v) is 16.9. The van der Waals surface area contributed by atoms with Gasteiger partial charge in [-0.25, -0.2) is 4.98 Å². The monoisotopic (exact) mass is 492 g/mol. The number of halogens is 5. The SMILES string of the molecule is O=C(NCC#CCOc1cc(C(F)(F)F)cc(Cl)n1)c1cc([N+](=O)[O-])c([N+](=O)[O-])cc1Cl. The number of rotatable bonds is 6. The molecule has 1 heterocycles. The molecule has 0 saturated heterocycles. The molecular formula is C17H9Cl2F3N4O6. The molecule has 0 radical (unpaired) electrons. The third-order valence-electron chi connectivity index (χ3n) is 3.55. The average molecular weight is 493 g/mol. The van der Waals surface area contributed by atoms with E-state index in [1.807, 2.05) is 0 Å². The Hall–Kier alpha value is -3.63. The van der Waals surface area contributed by atoms with Gasteiger partial charge < -0.3 is 10.1 Å². The minimum absolute atomic E-state index is 0.292. The second-order valence-corrected chi connectivity index (χ2v) is 6.47. The van der Waals surface area contributed by atoms with Crippen LogP contribution in [0.15, 0.2) is 24.3 Å². The van der Waals surface area contributed by atoms with Crippen LogP contribution in [-0.2, 0) is 6.18 Å². The van der Waals surface area contributed by atoms with Crippen molar-refractivity contribution < 1.29 is 32.5 Å². The van der Waals surface area contributed by atoms with E-state index in [4.69, 9.17) is 27.9 Å². The van der Waals surface area contributed by atoms with Crippen molar-refractivity contribution >= 4 is 40.5 Å². The molecule has 2 aromatic rings. The largest absolute Gasteiger partial charge is 0.464 e. The van der Waals surface area contributed by atoms with E-state index in [0.29, 0.717) is 24.3 Å². The number of amides is 1. The van der Waals surface area contributed by atoms with Gasteiger partial charge in [0.15, 0.2) is 6.61 Å². The van der Waals surface area contributed by atoms with Crippen LogP contribution in [0.25, 0.3) is 0 Å². The van der Waals surface area contributed by atoms with Gasteiger partial charge in [0.2, 0.25) is 5.88 Å². The summed E-state index contributed by atoms with van der Waals surface area (Å²) in [5.74, 6) is 3.53. The summed E-state index contributed by atoms with van der Waals surface area (Å²) >= 11 is 11.3. The predicted octanol–water partition coefficient (Wildman–Crippen LogP) is 4.04. The maximum Gasteiger partial charge on any atom is 0.416 e. The van der Waals surface area contributed by atoms with Gasteiger partial charge in [0.1, 0.15) is 5.15 Å². The van der Waals surface area contributed by atoms with Gasteiger partial charge in [0, 0.05) is 18.2 Å². The number of alkyl halides is 3.